The molecule has 102 valence electrons. The zero-order valence-corrected chi connectivity index (χ0v) is 8.86. The molecule has 1 aromatic carbocycles. The molecule has 0 fully saturated rings. The average Bonchev–Trinajstić information content (AvgIpc) is 2.26. The van der Waals surface area contributed by atoms with E-state index in [0.717, 1.165) is 24.3 Å². The first-order valence-corrected chi connectivity index (χ1v) is 4.77. The van der Waals surface area contributed by atoms with Crippen LogP contribution in [-0.4, -0.2) is 24.0 Å². The number of benzene rings is 1. The standard InChI is InChI=1S/C10H10F5NO2/c11-9(12)18-6-3-1-5(2-4-6)7(16)8(17)10(13,14)15/h1-4,7-9,17H,16H2/t7-,8-/m0/s1. The van der Waals surface area contributed by atoms with E-state index >= 15 is 0 Å². The smallest absolute Gasteiger partial charge is 0.416 e. The van der Waals surface area contributed by atoms with Crippen LogP contribution >= 0.6 is 0 Å². The third-order valence-electron chi connectivity index (χ3n) is 2.17. The van der Waals surface area contributed by atoms with Crippen LogP contribution in [0.3, 0.4) is 0 Å². The van der Waals surface area contributed by atoms with E-state index in [1.54, 1.807) is 0 Å². The van der Waals surface area contributed by atoms with Crippen molar-refractivity contribution in [1.29, 1.82) is 0 Å². The molecule has 0 aliphatic heterocycles. The summed E-state index contributed by atoms with van der Waals surface area (Å²) in [5.41, 5.74) is 5.18. The third-order valence-corrected chi connectivity index (χ3v) is 2.17. The van der Waals surface area contributed by atoms with E-state index in [1.165, 1.54) is 0 Å². The number of rotatable bonds is 4. The largest absolute Gasteiger partial charge is 0.435 e. The molecule has 0 aliphatic rings. The van der Waals surface area contributed by atoms with Crippen molar-refractivity contribution in [2.75, 3.05) is 0 Å². The first-order chi connectivity index (χ1) is 8.21. The summed E-state index contributed by atoms with van der Waals surface area (Å²) in [6, 6.07) is 2.56. The Morgan fingerprint density at radius 1 is 1.11 bits per heavy atom. The zero-order chi connectivity index (χ0) is 13.9. The minimum absolute atomic E-state index is 0.0403. The van der Waals surface area contributed by atoms with Gasteiger partial charge < -0.3 is 15.6 Å². The molecule has 0 saturated carbocycles. The summed E-state index contributed by atoms with van der Waals surface area (Å²) in [4.78, 5) is 0. The van der Waals surface area contributed by atoms with Gasteiger partial charge in [0.25, 0.3) is 0 Å². The van der Waals surface area contributed by atoms with Crippen molar-refractivity contribution >= 4 is 0 Å². The van der Waals surface area contributed by atoms with Gasteiger partial charge in [-0.2, -0.15) is 22.0 Å². The van der Waals surface area contributed by atoms with Crippen molar-refractivity contribution in [3.63, 3.8) is 0 Å². The number of halogens is 5. The predicted molar refractivity (Wildman–Crippen MR) is 52.1 cm³/mol. The van der Waals surface area contributed by atoms with Crippen LogP contribution in [0.5, 0.6) is 5.75 Å². The van der Waals surface area contributed by atoms with Crippen LogP contribution in [0.15, 0.2) is 24.3 Å². The van der Waals surface area contributed by atoms with Gasteiger partial charge in [0.05, 0.1) is 6.04 Å². The van der Waals surface area contributed by atoms with Gasteiger partial charge in [0.15, 0.2) is 6.10 Å². The van der Waals surface area contributed by atoms with E-state index in [0.29, 0.717) is 0 Å². The summed E-state index contributed by atoms with van der Waals surface area (Å²) in [7, 11) is 0. The van der Waals surface area contributed by atoms with Crippen molar-refractivity contribution in [1.82, 2.24) is 0 Å². The SMILES string of the molecule is N[C@@H](c1ccc(OC(F)F)cc1)[C@H](O)C(F)(F)F. The van der Waals surface area contributed by atoms with E-state index in [2.05, 4.69) is 4.74 Å². The van der Waals surface area contributed by atoms with E-state index in [-0.39, 0.29) is 11.3 Å². The van der Waals surface area contributed by atoms with Crippen molar-refractivity contribution in [2.45, 2.75) is 24.9 Å². The van der Waals surface area contributed by atoms with Crippen molar-refractivity contribution < 1.29 is 31.8 Å². The number of aliphatic hydroxyl groups excluding tert-OH is 1. The summed E-state index contributed by atoms with van der Waals surface area (Å²) >= 11 is 0. The monoisotopic (exact) mass is 271 g/mol. The van der Waals surface area contributed by atoms with Crippen LogP contribution < -0.4 is 10.5 Å². The quantitative estimate of drug-likeness (QED) is 0.825. The minimum Gasteiger partial charge on any atom is -0.435 e. The molecule has 0 bridgehead atoms. The molecular weight excluding hydrogens is 261 g/mol. The molecule has 3 N–H and O–H groups in total. The lowest BCUT2D eigenvalue weighted by molar-refractivity contribution is -0.210. The molecule has 0 saturated heterocycles. The lowest BCUT2D eigenvalue weighted by Gasteiger charge is -2.21. The molecule has 8 heteroatoms. The molecule has 18 heavy (non-hydrogen) atoms. The maximum absolute atomic E-state index is 12.2. The van der Waals surface area contributed by atoms with Gasteiger partial charge in [-0.1, -0.05) is 12.1 Å². The molecule has 0 spiro atoms. The fourth-order valence-electron chi connectivity index (χ4n) is 1.26. The maximum Gasteiger partial charge on any atom is 0.416 e. The summed E-state index contributed by atoms with van der Waals surface area (Å²) < 4.78 is 64.2. The van der Waals surface area contributed by atoms with Gasteiger partial charge in [0.2, 0.25) is 0 Å². The van der Waals surface area contributed by atoms with Gasteiger partial charge in [0, 0.05) is 0 Å². The predicted octanol–water partition coefficient (Wildman–Crippen LogP) is 2.21. The van der Waals surface area contributed by atoms with E-state index < -0.39 is 24.9 Å². The van der Waals surface area contributed by atoms with Crippen molar-refractivity contribution in [3.8, 4) is 5.75 Å². The molecule has 1 aromatic rings. The molecule has 0 amide bonds. The second-order valence-electron chi connectivity index (χ2n) is 3.46. The normalized spacial score (nSPS) is 15.6. The fourth-order valence-corrected chi connectivity index (χ4v) is 1.26. The fraction of sp³-hybridized carbons (Fsp3) is 0.400. The Labute approximate surface area is 99.0 Å². The number of hydrogen-bond acceptors (Lipinski definition) is 3. The van der Waals surface area contributed by atoms with E-state index in [1.807, 2.05) is 0 Å². The second kappa shape index (κ2) is 5.49. The first kappa shape index (κ1) is 14.7. The summed E-state index contributed by atoms with van der Waals surface area (Å²) in [5, 5.41) is 8.92. The van der Waals surface area contributed by atoms with Gasteiger partial charge in [-0.05, 0) is 17.7 Å². The Bertz CT molecular complexity index is 379. The van der Waals surface area contributed by atoms with Gasteiger partial charge in [0.1, 0.15) is 5.75 Å². The van der Waals surface area contributed by atoms with Crippen molar-refractivity contribution in [3.05, 3.63) is 29.8 Å². The lowest BCUT2D eigenvalue weighted by Crippen LogP contribution is -2.38. The zero-order valence-electron chi connectivity index (χ0n) is 8.86. The average molecular weight is 271 g/mol. The highest BCUT2D eigenvalue weighted by Gasteiger charge is 2.42. The highest BCUT2D eigenvalue weighted by atomic mass is 19.4. The number of ether oxygens (including phenoxy) is 1. The van der Waals surface area contributed by atoms with Crippen LogP contribution in [0, 0.1) is 0 Å². The number of nitrogens with two attached hydrogens (primary N) is 1. The van der Waals surface area contributed by atoms with Crippen LogP contribution in [0.25, 0.3) is 0 Å². The highest BCUT2D eigenvalue weighted by molar-refractivity contribution is 5.29. The summed E-state index contributed by atoms with van der Waals surface area (Å²) in [6.45, 7) is -3.02. The molecular formula is C10H10F5NO2. The molecule has 0 heterocycles. The molecule has 0 unspecified atom stereocenters. The second-order valence-corrected chi connectivity index (χ2v) is 3.46. The molecule has 1 rings (SSSR count). The van der Waals surface area contributed by atoms with E-state index in [4.69, 9.17) is 10.8 Å². The van der Waals surface area contributed by atoms with Gasteiger partial charge in [-0.15, -0.1) is 0 Å². The van der Waals surface area contributed by atoms with Crippen LogP contribution in [-0.2, 0) is 0 Å². The lowest BCUT2D eigenvalue weighted by atomic mass is 10.0. The Morgan fingerprint density at radius 2 is 1.61 bits per heavy atom. The van der Waals surface area contributed by atoms with Gasteiger partial charge in [-0.3, -0.25) is 0 Å². The van der Waals surface area contributed by atoms with Gasteiger partial charge in [-0.25, -0.2) is 0 Å². The maximum atomic E-state index is 12.2. The molecule has 0 aromatic heterocycles. The number of alkyl halides is 5. The summed E-state index contributed by atoms with van der Waals surface area (Å²) in [6.07, 6.45) is -7.57. The molecule has 0 aliphatic carbocycles. The Kier molecular flexibility index (Phi) is 4.47. The Hall–Kier alpha value is -1.41. The van der Waals surface area contributed by atoms with Crippen LogP contribution in [0.2, 0.25) is 0 Å². The Balaban J connectivity index is 2.79. The van der Waals surface area contributed by atoms with Crippen molar-refractivity contribution in [2.24, 2.45) is 5.73 Å². The summed E-state index contributed by atoms with van der Waals surface area (Å²) in [5.74, 6) is -0.206. The van der Waals surface area contributed by atoms with Gasteiger partial charge >= 0.3 is 12.8 Å². The first-order valence-electron chi connectivity index (χ1n) is 4.77. The number of hydrogen-bond donors (Lipinski definition) is 2. The topological polar surface area (TPSA) is 55.5 Å². The number of aliphatic hydroxyl groups is 1. The molecule has 0 radical (unpaired) electrons. The molecule has 2 atom stereocenters. The van der Waals surface area contributed by atoms with Crippen LogP contribution in [0.4, 0.5) is 22.0 Å². The minimum atomic E-state index is -4.85. The Morgan fingerprint density at radius 3 is 2.00 bits per heavy atom. The highest BCUT2D eigenvalue weighted by Crippen LogP contribution is 2.29. The third kappa shape index (κ3) is 3.81. The molecule has 3 nitrogen and oxygen atoms in total. The van der Waals surface area contributed by atoms with E-state index in [9.17, 15) is 22.0 Å². The van der Waals surface area contributed by atoms with Crippen LogP contribution in [0.1, 0.15) is 11.6 Å².